The third kappa shape index (κ3) is 2.02. The van der Waals surface area contributed by atoms with Crippen molar-refractivity contribution in [1.82, 2.24) is 0 Å². The van der Waals surface area contributed by atoms with Crippen LogP contribution >= 0.6 is 11.6 Å². The number of benzene rings is 1. The van der Waals surface area contributed by atoms with Crippen LogP contribution in [0.5, 0.6) is 0 Å². The van der Waals surface area contributed by atoms with Crippen LogP contribution in [0.1, 0.15) is 39.0 Å². The van der Waals surface area contributed by atoms with Crippen molar-refractivity contribution in [3.63, 3.8) is 0 Å². The van der Waals surface area contributed by atoms with Gasteiger partial charge in [0.05, 0.1) is 11.6 Å². The smallest absolute Gasteiger partial charge is 0.294 e. The number of hydrogen-bond donors (Lipinski definition) is 1. The second-order valence-electron chi connectivity index (χ2n) is 8.65. The SMILES string of the molecule is CC(=O)C1=C(O)C(=O)N(c2ccc(Cl)cc2)C1C12CC3CC(CC1C3)C2. The summed E-state index contributed by atoms with van der Waals surface area (Å²) in [5.41, 5.74) is 0.944. The van der Waals surface area contributed by atoms with E-state index >= 15 is 0 Å². The molecule has 0 spiro atoms. The molecule has 0 saturated heterocycles. The number of ketones is 1. The van der Waals surface area contributed by atoms with Gasteiger partial charge in [0.1, 0.15) is 0 Å². The van der Waals surface area contributed by atoms with Crippen molar-refractivity contribution in [2.24, 2.45) is 23.2 Å². The van der Waals surface area contributed by atoms with Gasteiger partial charge in [0.15, 0.2) is 11.5 Å². The molecule has 1 heterocycles. The van der Waals surface area contributed by atoms with Gasteiger partial charge in [0.2, 0.25) is 0 Å². The van der Waals surface area contributed by atoms with Gasteiger partial charge in [-0.2, -0.15) is 0 Å². The highest BCUT2D eigenvalue weighted by atomic mass is 35.5. The molecule has 1 amide bonds. The van der Waals surface area contributed by atoms with E-state index in [9.17, 15) is 14.7 Å². The fourth-order valence-electron chi connectivity index (χ4n) is 6.68. The van der Waals surface area contributed by atoms with Crippen LogP contribution in [0.15, 0.2) is 35.6 Å². The fourth-order valence-corrected chi connectivity index (χ4v) is 6.81. The molecule has 1 N–H and O–H groups in total. The van der Waals surface area contributed by atoms with Gasteiger partial charge in [-0.1, -0.05) is 11.6 Å². The van der Waals surface area contributed by atoms with Crippen LogP contribution < -0.4 is 4.90 Å². The topological polar surface area (TPSA) is 57.6 Å². The maximum atomic E-state index is 13.0. The molecule has 5 aliphatic rings. The molecule has 4 bridgehead atoms. The zero-order valence-corrected chi connectivity index (χ0v) is 15.5. The molecule has 0 radical (unpaired) electrons. The molecule has 3 atom stereocenters. The van der Waals surface area contributed by atoms with Crippen LogP contribution in [0.2, 0.25) is 5.02 Å². The standard InChI is InChI=1S/C21H22ClNO3/c1-11(24)17-18(25)20(26)23(16-4-2-15(22)3-5-16)19(17)21-9-12-6-13(10-21)8-14(21)7-12/h2-5,12-14,19,25H,6-10H2,1H3. The number of nitrogens with zero attached hydrogens (tertiary/aromatic N) is 1. The van der Waals surface area contributed by atoms with Gasteiger partial charge in [-0.05, 0) is 86.5 Å². The number of aliphatic hydroxyl groups is 1. The molecule has 1 aromatic rings. The lowest BCUT2D eigenvalue weighted by Gasteiger charge is -2.43. The first kappa shape index (κ1) is 16.4. The Kier molecular flexibility index (Phi) is 3.37. The number of rotatable bonds is 3. The first-order chi connectivity index (χ1) is 12.4. The van der Waals surface area contributed by atoms with Crippen molar-refractivity contribution in [2.75, 3.05) is 4.90 Å². The normalized spacial score (nSPS) is 37.9. The van der Waals surface area contributed by atoms with E-state index in [1.54, 1.807) is 29.2 Å². The monoisotopic (exact) mass is 371 g/mol. The molecule has 4 saturated carbocycles. The highest BCUT2D eigenvalue weighted by molar-refractivity contribution is 6.30. The molecule has 26 heavy (non-hydrogen) atoms. The lowest BCUT2D eigenvalue weighted by atomic mass is 9.68. The van der Waals surface area contributed by atoms with Gasteiger partial charge in [-0.15, -0.1) is 0 Å². The van der Waals surface area contributed by atoms with E-state index in [2.05, 4.69) is 0 Å². The summed E-state index contributed by atoms with van der Waals surface area (Å²) in [6.07, 6.45) is 5.79. The Morgan fingerprint density at radius 2 is 1.77 bits per heavy atom. The number of amides is 1. The van der Waals surface area contributed by atoms with Crippen LogP contribution in [0.4, 0.5) is 5.69 Å². The third-order valence-corrected chi connectivity index (χ3v) is 7.54. The summed E-state index contributed by atoms with van der Waals surface area (Å²) in [6, 6.07) is 6.76. The van der Waals surface area contributed by atoms with Crippen molar-refractivity contribution >= 4 is 29.0 Å². The zero-order chi connectivity index (χ0) is 18.2. The van der Waals surface area contributed by atoms with Crippen molar-refractivity contribution in [2.45, 2.75) is 45.1 Å². The second kappa shape index (κ2) is 5.35. The fraction of sp³-hybridized carbons (Fsp3) is 0.524. The molecule has 1 aromatic carbocycles. The lowest BCUT2D eigenvalue weighted by molar-refractivity contribution is -0.117. The molecular weight excluding hydrogens is 350 g/mol. The van der Waals surface area contributed by atoms with Crippen molar-refractivity contribution in [3.05, 3.63) is 40.6 Å². The van der Waals surface area contributed by atoms with Gasteiger partial charge in [0.25, 0.3) is 5.91 Å². The van der Waals surface area contributed by atoms with E-state index in [0.29, 0.717) is 34.0 Å². The number of carbonyl (C=O) groups is 2. The number of hydrogen-bond acceptors (Lipinski definition) is 3. The van der Waals surface area contributed by atoms with Gasteiger partial charge >= 0.3 is 0 Å². The van der Waals surface area contributed by atoms with Crippen LogP contribution in [0.25, 0.3) is 0 Å². The minimum Gasteiger partial charge on any atom is -0.503 e. The minimum absolute atomic E-state index is 0.0750. The third-order valence-electron chi connectivity index (χ3n) is 7.29. The Hall–Kier alpha value is -1.81. The average molecular weight is 372 g/mol. The molecule has 136 valence electrons. The maximum Gasteiger partial charge on any atom is 0.294 e. The summed E-state index contributed by atoms with van der Waals surface area (Å²) in [5, 5.41) is 11.2. The summed E-state index contributed by atoms with van der Waals surface area (Å²) < 4.78 is 0. The summed E-state index contributed by atoms with van der Waals surface area (Å²) in [5.74, 6) is 0.925. The molecule has 6 rings (SSSR count). The van der Waals surface area contributed by atoms with Crippen LogP contribution in [-0.4, -0.2) is 22.8 Å². The largest absolute Gasteiger partial charge is 0.503 e. The Labute approximate surface area is 157 Å². The van der Waals surface area contributed by atoms with E-state index in [1.165, 1.54) is 26.2 Å². The summed E-state index contributed by atoms with van der Waals surface area (Å²) in [7, 11) is 0. The molecule has 3 unspecified atom stereocenters. The van der Waals surface area contributed by atoms with Crippen LogP contribution in [0.3, 0.4) is 0 Å². The van der Waals surface area contributed by atoms with Gasteiger partial charge in [0, 0.05) is 10.7 Å². The highest BCUT2D eigenvalue weighted by Crippen LogP contribution is 2.69. The summed E-state index contributed by atoms with van der Waals surface area (Å²) in [4.78, 5) is 27.1. The van der Waals surface area contributed by atoms with E-state index in [-0.39, 0.29) is 23.0 Å². The Balaban J connectivity index is 1.66. The molecular formula is C21H22ClNO3. The predicted octanol–water partition coefficient (Wildman–Crippen LogP) is 4.28. The van der Waals surface area contributed by atoms with Gasteiger partial charge in [-0.25, -0.2) is 0 Å². The molecule has 1 aliphatic heterocycles. The number of carbonyl (C=O) groups excluding carboxylic acids is 2. The quantitative estimate of drug-likeness (QED) is 0.862. The Morgan fingerprint density at radius 1 is 1.15 bits per heavy atom. The van der Waals surface area contributed by atoms with E-state index in [4.69, 9.17) is 11.6 Å². The Morgan fingerprint density at radius 3 is 2.35 bits per heavy atom. The van der Waals surface area contributed by atoms with Crippen molar-refractivity contribution in [1.29, 1.82) is 0 Å². The second-order valence-corrected chi connectivity index (χ2v) is 9.09. The molecule has 0 aromatic heterocycles. The maximum absolute atomic E-state index is 13.0. The van der Waals surface area contributed by atoms with Crippen LogP contribution in [-0.2, 0) is 9.59 Å². The lowest BCUT2D eigenvalue weighted by Crippen LogP contribution is -2.49. The molecule has 4 aliphatic carbocycles. The first-order valence-electron chi connectivity index (χ1n) is 9.44. The molecule has 5 heteroatoms. The number of anilines is 1. The predicted molar refractivity (Wildman–Crippen MR) is 99.0 cm³/mol. The van der Waals surface area contributed by atoms with Crippen molar-refractivity contribution < 1.29 is 14.7 Å². The minimum atomic E-state index is -0.455. The number of halogens is 1. The first-order valence-corrected chi connectivity index (χ1v) is 9.81. The van der Waals surface area contributed by atoms with Gasteiger partial charge in [-0.3, -0.25) is 14.5 Å². The van der Waals surface area contributed by atoms with E-state index in [1.807, 2.05) is 0 Å². The molecule has 4 nitrogen and oxygen atoms in total. The van der Waals surface area contributed by atoms with E-state index < -0.39 is 5.91 Å². The summed E-state index contributed by atoms with van der Waals surface area (Å²) >= 11 is 6.02. The number of aliphatic hydroxyl groups excluding tert-OH is 1. The van der Waals surface area contributed by atoms with E-state index in [0.717, 1.165) is 12.8 Å². The number of Topliss-reactive ketones (excluding diaryl/α,β-unsaturated/α-hetero) is 1. The molecule has 4 fully saturated rings. The van der Waals surface area contributed by atoms with Crippen LogP contribution in [0, 0.1) is 23.2 Å². The Bertz CT molecular complexity index is 829. The zero-order valence-electron chi connectivity index (χ0n) is 14.7. The van der Waals surface area contributed by atoms with Gasteiger partial charge < -0.3 is 5.11 Å². The highest BCUT2D eigenvalue weighted by Gasteiger charge is 2.65. The summed E-state index contributed by atoms with van der Waals surface area (Å²) in [6.45, 7) is 1.47. The van der Waals surface area contributed by atoms with Crippen molar-refractivity contribution in [3.8, 4) is 0 Å². The average Bonchev–Trinajstić information content (AvgIpc) is 3.11.